The number of ether oxygens (including phenoxy) is 2. The molecule has 1 aromatic carbocycles. The van der Waals surface area contributed by atoms with Crippen LogP contribution in [-0.2, 0) is 4.74 Å². The third kappa shape index (κ3) is 2.72. The lowest BCUT2D eigenvalue weighted by atomic mass is 9.94. The molecule has 0 aromatic heterocycles. The maximum Gasteiger partial charge on any atom is 0.257 e. The van der Waals surface area contributed by atoms with E-state index in [1.807, 2.05) is 6.92 Å². The summed E-state index contributed by atoms with van der Waals surface area (Å²) >= 11 is 0. The van der Waals surface area contributed by atoms with Crippen LogP contribution in [0, 0.1) is 0 Å². The van der Waals surface area contributed by atoms with Gasteiger partial charge in [0.2, 0.25) is 0 Å². The summed E-state index contributed by atoms with van der Waals surface area (Å²) in [4.78, 5) is 14.3. The first-order valence-corrected chi connectivity index (χ1v) is 6.71. The average molecular weight is 279 g/mol. The molecule has 20 heavy (non-hydrogen) atoms. The quantitative estimate of drug-likeness (QED) is 0.920. The van der Waals surface area contributed by atoms with Crippen LogP contribution in [0.5, 0.6) is 11.5 Å². The molecule has 0 radical (unpaired) electrons. The summed E-state index contributed by atoms with van der Waals surface area (Å²) in [7, 11) is 3.13. The summed E-state index contributed by atoms with van der Waals surface area (Å²) in [5.41, 5.74) is -0.0488. The number of piperidine rings is 1. The van der Waals surface area contributed by atoms with Crippen molar-refractivity contribution in [3.05, 3.63) is 23.8 Å². The Morgan fingerprint density at radius 1 is 1.40 bits per heavy atom. The highest BCUT2D eigenvalue weighted by Crippen LogP contribution is 2.32. The van der Waals surface area contributed by atoms with Crippen molar-refractivity contribution in [3.8, 4) is 11.5 Å². The summed E-state index contributed by atoms with van der Waals surface area (Å²) in [6, 6.07) is 4.94. The maximum absolute atomic E-state index is 12.5. The van der Waals surface area contributed by atoms with E-state index in [1.165, 1.54) is 7.11 Å². The number of carbonyl (C=O) groups excluding carboxylic acids is 1. The van der Waals surface area contributed by atoms with E-state index < -0.39 is 0 Å². The average Bonchev–Trinajstić information content (AvgIpc) is 2.47. The normalized spacial score (nSPS) is 22.6. The number of nitrogens with zero attached hydrogens (tertiary/aromatic N) is 1. The topological polar surface area (TPSA) is 59.0 Å². The number of methoxy groups -OCH3 is 2. The zero-order valence-electron chi connectivity index (χ0n) is 12.2. The molecule has 1 amide bonds. The monoisotopic (exact) mass is 279 g/mol. The first-order valence-electron chi connectivity index (χ1n) is 6.71. The van der Waals surface area contributed by atoms with Gasteiger partial charge in [0, 0.05) is 20.2 Å². The molecule has 1 saturated heterocycles. The molecule has 0 bridgehead atoms. The molecule has 5 heteroatoms. The molecule has 1 heterocycles. The first kappa shape index (κ1) is 14.7. The van der Waals surface area contributed by atoms with Crippen LogP contribution in [0.3, 0.4) is 0 Å². The maximum atomic E-state index is 12.5. The number of likely N-dealkylation sites (tertiary alicyclic amines) is 1. The summed E-state index contributed by atoms with van der Waals surface area (Å²) in [5.74, 6) is 0.0106. The van der Waals surface area contributed by atoms with Gasteiger partial charge in [-0.1, -0.05) is 6.07 Å². The molecule has 5 nitrogen and oxygen atoms in total. The molecule has 2 rings (SSSR count). The number of phenolic OH excluding ortho intramolecular Hbond substituents is 1. The van der Waals surface area contributed by atoms with E-state index in [0.717, 1.165) is 12.8 Å². The van der Waals surface area contributed by atoms with E-state index >= 15 is 0 Å². The SMILES string of the molecule is COc1cccc(C(=O)N2CCCC(C)(OC)C2)c1O. The van der Waals surface area contributed by atoms with Crippen molar-refractivity contribution in [2.75, 3.05) is 27.3 Å². The molecule has 0 saturated carbocycles. The van der Waals surface area contributed by atoms with Crippen molar-refractivity contribution < 1.29 is 19.4 Å². The number of amides is 1. The fraction of sp³-hybridized carbons (Fsp3) is 0.533. The number of carbonyl (C=O) groups is 1. The number of benzene rings is 1. The highest BCUT2D eigenvalue weighted by molar-refractivity contribution is 5.97. The number of aromatic hydroxyl groups is 1. The van der Waals surface area contributed by atoms with E-state index in [2.05, 4.69) is 0 Å². The van der Waals surface area contributed by atoms with E-state index in [9.17, 15) is 9.90 Å². The lowest BCUT2D eigenvalue weighted by Gasteiger charge is -2.39. The summed E-state index contributed by atoms with van der Waals surface area (Å²) in [5, 5.41) is 10.1. The fourth-order valence-corrected chi connectivity index (χ4v) is 2.58. The largest absolute Gasteiger partial charge is 0.504 e. The Morgan fingerprint density at radius 2 is 2.15 bits per heavy atom. The van der Waals surface area contributed by atoms with Crippen molar-refractivity contribution in [2.45, 2.75) is 25.4 Å². The van der Waals surface area contributed by atoms with Crippen LogP contribution < -0.4 is 4.74 Å². The van der Waals surface area contributed by atoms with Gasteiger partial charge in [-0.3, -0.25) is 4.79 Å². The van der Waals surface area contributed by atoms with Crippen molar-refractivity contribution in [2.24, 2.45) is 0 Å². The van der Waals surface area contributed by atoms with Gasteiger partial charge in [-0.2, -0.15) is 0 Å². The Kier molecular flexibility index (Phi) is 4.18. The predicted molar refractivity (Wildman–Crippen MR) is 75.2 cm³/mol. The zero-order valence-corrected chi connectivity index (χ0v) is 12.2. The molecule has 110 valence electrons. The molecule has 1 aliphatic rings. The number of phenols is 1. The molecular formula is C15H21NO4. The smallest absolute Gasteiger partial charge is 0.257 e. The predicted octanol–water partition coefficient (Wildman–Crippen LogP) is 2.04. The van der Waals surface area contributed by atoms with Crippen molar-refractivity contribution >= 4 is 5.91 Å². The van der Waals surface area contributed by atoms with Crippen molar-refractivity contribution in [3.63, 3.8) is 0 Å². The van der Waals surface area contributed by atoms with Crippen LogP contribution in [0.1, 0.15) is 30.1 Å². The van der Waals surface area contributed by atoms with E-state index in [0.29, 0.717) is 18.8 Å². The van der Waals surface area contributed by atoms with Gasteiger partial charge in [0.15, 0.2) is 11.5 Å². The Bertz CT molecular complexity index is 503. The molecule has 1 aliphatic heterocycles. The summed E-state index contributed by atoms with van der Waals surface area (Å²) in [6.45, 7) is 3.20. The van der Waals surface area contributed by atoms with Crippen LogP contribution in [0.2, 0.25) is 0 Å². The molecule has 1 unspecified atom stereocenters. The molecular weight excluding hydrogens is 258 g/mol. The van der Waals surface area contributed by atoms with E-state index in [-0.39, 0.29) is 22.8 Å². The molecule has 0 spiro atoms. The molecule has 1 aromatic rings. The Labute approximate surface area is 119 Å². The number of rotatable bonds is 3. The van der Waals surface area contributed by atoms with Gasteiger partial charge in [0.05, 0.1) is 18.3 Å². The molecule has 0 aliphatic carbocycles. The van der Waals surface area contributed by atoms with Gasteiger partial charge >= 0.3 is 0 Å². The van der Waals surface area contributed by atoms with Crippen molar-refractivity contribution in [1.29, 1.82) is 0 Å². The number of para-hydroxylation sites is 1. The van der Waals surface area contributed by atoms with Gasteiger partial charge < -0.3 is 19.5 Å². The minimum atomic E-state index is -0.317. The van der Waals surface area contributed by atoms with Gasteiger partial charge in [0.25, 0.3) is 5.91 Å². The molecule has 1 N–H and O–H groups in total. The summed E-state index contributed by atoms with van der Waals surface area (Å²) < 4.78 is 10.5. The molecule has 1 atom stereocenters. The molecule has 1 fully saturated rings. The van der Waals surface area contributed by atoms with Crippen LogP contribution in [-0.4, -0.2) is 48.8 Å². The minimum absolute atomic E-state index is 0.107. The van der Waals surface area contributed by atoms with Gasteiger partial charge in [-0.05, 0) is 31.9 Å². The third-order valence-corrected chi connectivity index (χ3v) is 3.89. The lowest BCUT2D eigenvalue weighted by molar-refractivity contribution is -0.0440. The third-order valence-electron chi connectivity index (χ3n) is 3.89. The Hall–Kier alpha value is -1.75. The minimum Gasteiger partial charge on any atom is -0.504 e. The Balaban J connectivity index is 2.23. The standard InChI is InChI=1S/C15H21NO4/c1-15(20-3)8-5-9-16(10-15)14(18)11-6-4-7-12(19-2)13(11)17/h4,6-7,17H,5,8-10H2,1-3H3. The van der Waals surface area contributed by atoms with Gasteiger partial charge in [-0.15, -0.1) is 0 Å². The van der Waals surface area contributed by atoms with E-state index in [4.69, 9.17) is 9.47 Å². The van der Waals surface area contributed by atoms with Crippen molar-refractivity contribution in [1.82, 2.24) is 4.90 Å². The van der Waals surface area contributed by atoms with Gasteiger partial charge in [0.1, 0.15) is 0 Å². The highest BCUT2D eigenvalue weighted by Gasteiger charge is 2.34. The number of hydrogen-bond acceptors (Lipinski definition) is 4. The second-order valence-corrected chi connectivity index (χ2v) is 5.34. The Morgan fingerprint density at radius 3 is 2.80 bits per heavy atom. The number of hydrogen-bond donors (Lipinski definition) is 1. The van der Waals surface area contributed by atoms with Gasteiger partial charge in [-0.25, -0.2) is 0 Å². The van der Waals surface area contributed by atoms with Crippen LogP contribution in [0.25, 0.3) is 0 Å². The summed E-state index contributed by atoms with van der Waals surface area (Å²) in [6.07, 6.45) is 1.82. The van der Waals surface area contributed by atoms with Crippen LogP contribution >= 0.6 is 0 Å². The van der Waals surface area contributed by atoms with Crippen LogP contribution in [0.15, 0.2) is 18.2 Å². The fourth-order valence-electron chi connectivity index (χ4n) is 2.58. The second-order valence-electron chi connectivity index (χ2n) is 5.34. The van der Waals surface area contributed by atoms with E-state index in [1.54, 1.807) is 30.2 Å². The lowest BCUT2D eigenvalue weighted by Crippen LogP contribution is -2.49. The highest BCUT2D eigenvalue weighted by atomic mass is 16.5. The van der Waals surface area contributed by atoms with Crippen LogP contribution in [0.4, 0.5) is 0 Å². The first-order chi connectivity index (χ1) is 9.50. The second kappa shape index (κ2) is 5.71. The zero-order chi connectivity index (χ0) is 14.8.